The van der Waals surface area contributed by atoms with Gasteiger partial charge in [-0.05, 0) is 18.2 Å². The average molecular weight is 270 g/mol. The highest BCUT2D eigenvalue weighted by Crippen LogP contribution is 2.17. The standard InChI is InChI=1S/C10H10O5.2C2H6/c1-14-9(12)6-3-7(10(13)15-2)5-8(11)4-6;2*1-2/h3-5,11H,1-2H3;2*1-2H3. The molecule has 0 radical (unpaired) electrons. The van der Waals surface area contributed by atoms with Crippen LogP contribution >= 0.6 is 0 Å². The summed E-state index contributed by atoms with van der Waals surface area (Å²) in [5.74, 6) is -1.45. The molecule has 1 aromatic rings. The van der Waals surface area contributed by atoms with E-state index in [4.69, 9.17) is 0 Å². The number of aromatic hydroxyl groups is 1. The molecular formula is C14H22O5. The lowest BCUT2D eigenvalue weighted by Crippen LogP contribution is -2.06. The minimum absolute atomic E-state index is 0.0953. The van der Waals surface area contributed by atoms with Crippen molar-refractivity contribution in [1.29, 1.82) is 0 Å². The Balaban J connectivity index is 0. The number of benzene rings is 1. The van der Waals surface area contributed by atoms with Gasteiger partial charge in [0, 0.05) is 0 Å². The molecule has 0 aliphatic carbocycles. The van der Waals surface area contributed by atoms with Gasteiger partial charge in [-0.15, -0.1) is 0 Å². The van der Waals surface area contributed by atoms with Crippen LogP contribution in [0.4, 0.5) is 0 Å². The zero-order valence-corrected chi connectivity index (χ0v) is 12.3. The summed E-state index contributed by atoms with van der Waals surface area (Å²) in [7, 11) is 2.42. The largest absolute Gasteiger partial charge is 0.508 e. The molecule has 0 saturated heterocycles. The zero-order chi connectivity index (χ0) is 15.4. The fourth-order valence-corrected chi connectivity index (χ4v) is 1.08. The predicted molar refractivity (Wildman–Crippen MR) is 73.5 cm³/mol. The second-order valence-corrected chi connectivity index (χ2v) is 2.75. The van der Waals surface area contributed by atoms with Crippen LogP contribution in [0, 0.1) is 0 Å². The summed E-state index contributed by atoms with van der Waals surface area (Å²) in [6, 6.07) is 3.70. The van der Waals surface area contributed by atoms with E-state index < -0.39 is 11.9 Å². The van der Waals surface area contributed by atoms with Gasteiger partial charge in [0.15, 0.2) is 0 Å². The van der Waals surface area contributed by atoms with Gasteiger partial charge in [-0.3, -0.25) is 0 Å². The molecule has 0 atom stereocenters. The van der Waals surface area contributed by atoms with Gasteiger partial charge in [-0.1, -0.05) is 27.7 Å². The van der Waals surface area contributed by atoms with Gasteiger partial charge in [-0.2, -0.15) is 0 Å². The van der Waals surface area contributed by atoms with Gasteiger partial charge in [0.25, 0.3) is 0 Å². The van der Waals surface area contributed by atoms with Crippen LogP contribution in [-0.4, -0.2) is 31.3 Å². The highest BCUT2D eigenvalue weighted by Gasteiger charge is 2.13. The number of carbonyl (C=O) groups excluding carboxylic acids is 2. The Kier molecular flexibility index (Phi) is 11.3. The number of phenols is 1. The summed E-state index contributed by atoms with van der Waals surface area (Å²) >= 11 is 0. The van der Waals surface area contributed by atoms with Gasteiger partial charge >= 0.3 is 11.9 Å². The maximum absolute atomic E-state index is 11.1. The van der Waals surface area contributed by atoms with Crippen LogP contribution in [-0.2, 0) is 9.47 Å². The Morgan fingerprint density at radius 3 is 1.42 bits per heavy atom. The number of hydrogen-bond donors (Lipinski definition) is 1. The number of ether oxygens (including phenoxy) is 2. The quantitative estimate of drug-likeness (QED) is 0.836. The molecule has 0 aliphatic rings. The molecule has 19 heavy (non-hydrogen) atoms. The molecule has 108 valence electrons. The molecule has 5 heteroatoms. The lowest BCUT2D eigenvalue weighted by molar-refractivity contribution is 0.0598. The molecule has 1 N–H and O–H groups in total. The van der Waals surface area contributed by atoms with Crippen molar-refractivity contribution in [2.75, 3.05) is 14.2 Å². The monoisotopic (exact) mass is 270 g/mol. The van der Waals surface area contributed by atoms with E-state index in [1.165, 1.54) is 32.4 Å². The van der Waals surface area contributed by atoms with Crippen LogP contribution in [0.25, 0.3) is 0 Å². The fraction of sp³-hybridized carbons (Fsp3) is 0.429. The van der Waals surface area contributed by atoms with E-state index in [0.717, 1.165) is 0 Å². The third kappa shape index (κ3) is 6.45. The Labute approximate surface area is 114 Å². The molecule has 0 fully saturated rings. The predicted octanol–water partition coefficient (Wildman–Crippen LogP) is 3.02. The first kappa shape index (κ1) is 19.3. The fourth-order valence-electron chi connectivity index (χ4n) is 1.08. The Bertz CT molecular complexity index is 365. The van der Waals surface area contributed by atoms with Crippen LogP contribution < -0.4 is 0 Å². The molecule has 0 heterocycles. The Morgan fingerprint density at radius 2 is 1.16 bits per heavy atom. The molecule has 0 saturated carbocycles. The van der Waals surface area contributed by atoms with Crippen molar-refractivity contribution in [2.24, 2.45) is 0 Å². The van der Waals surface area contributed by atoms with E-state index >= 15 is 0 Å². The molecule has 0 spiro atoms. The van der Waals surface area contributed by atoms with Gasteiger partial charge in [0.1, 0.15) is 5.75 Å². The first-order valence-corrected chi connectivity index (χ1v) is 6.09. The lowest BCUT2D eigenvalue weighted by atomic mass is 10.1. The number of phenolic OH excluding ortho intramolecular Hbond substituents is 1. The van der Waals surface area contributed by atoms with E-state index in [1.807, 2.05) is 27.7 Å². The normalized spacial score (nSPS) is 8.11. The van der Waals surface area contributed by atoms with E-state index in [9.17, 15) is 14.7 Å². The third-order valence-electron chi connectivity index (χ3n) is 1.76. The minimum Gasteiger partial charge on any atom is -0.508 e. The summed E-state index contributed by atoms with van der Waals surface area (Å²) in [5.41, 5.74) is 0.191. The molecule has 0 amide bonds. The minimum atomic E-state index is -0.629. The maximum Gasteiger partial charge on any atom is 0.338 e. The van der Waals surface area contributed by atoms with E-state index in [2.05, 4.69) is 9.47 Å². The van der Waals surface area contributed by atoms with Crippen molar-refractivity contribution in [3.63, 3.8) is 0 Å². The van der Waals surface area contributed by atoms with Gasteiger partial charge < -0.3 is 14.6 Å². The number of rotatable bonds is 2. The Morgan fingerprint density at radius 1 is 0.842 bits per heavy atom. The van der Waals surface area contributed by atoms with Gasteiger partial charge in [-0.25, -0.2) is 9.59 Å². The summed E-state index contributed by atoms with van der Waals surface area (Å²) in [6.07, 6.45) is 0. The van der Waals surface area contributed by atoms with Crippen LogP contribution in [0.15, 0.2) is 18.2 Å². The summed E-state index contributed by atoms with van der Waals surface area (Å²) in [4.78, 5) is 22.3. The highest BCUT2D eigenvalue weighted by molar-refractivity contribution is 5.95. The zero-order valence-electron chi connectivity index (χ0n) is 12.3. The average Bonchev–Trinajstić information content (AvgIpc) is 2.48. The maximum atomic E-state index is 11.1. The van der Waals surface area contributed by atoms with Crippen molar-refractivity contribution in [2.45, 2.75) is 27.7 Å². The smallest absolute Gasteiger partial charge is 0.338 e. The summed E-state index contributed by atoms with van der Waals surface area (Å²) in [5, 5.41) is 9.27. The van der Waals surface area contributed by atoms with Crippen LogP contribution in [0.3, 0.4) is 0 Å². The van der Waals surface area contributed by atoms with E-state index in [1.54, 1.807) is 0 Å². The van der Waals surface area contributed by atoms with E-state index in [-0.39, 0.29) is 16.9 Å². The van der Waals surface area contributed by atoms with Crippen LogP contribution in [0.5, 0.6) is 5.75 Å². The molecule has 1 rings (SSSR count). The highest BCUT2D eigenvalue weighted by atomic mass is 16.5. The molecule has 0 unspecified atom stereocenters. The first-order valence-electron chi connectivity index (χ1n) is 6.09. The van der Waals surface area contributed by atoms with Crippen molar-refractivity contribution in [3.05, 3.63) is 29.3 Å². The molecule has 5 nitrogen and oxygen atoms in total. The SMILES string of the molecule is CC.CC.COC(=O)c1cc(O)cc(C(=O)OC)c1. The topological polar surface area (TPSA) is 72.8 Å². The van der Waals surface area contributed by atoms with Gasteiger partial charge in [0.2, 0.25) is 0 Å². The third-order valence-corrected chi connectivity index (χ3v) is 1.76. The molecule has 1 aromatic carbocycles. The molecule has 0 bridgehead atoms. The first-order chi connectivity index (χ1) is 9.08. The second kappa shape index (κ2) is 11.1. The Hall–Kier alpha value is -2.04. The summed E-state index contributed by atoms with van der Waals surface area (Å²) < 4.78 is 8.91. The lowest BCUT2D eigenvalue weighted by Gasteiger charge is -2.03. The van der Waals surface area contributed by atoms with Crippen molar-refractivity contribution < 1.29 is 24.2 Å². The summed E-state index contributed by atoms with van der Waals surface area (Å²) in [6.45, 7) is 8.00. The molecule has 0 aliphatic heterocycles. The van der Waals surface area contributed by atoms with Crippen molar-refractivity contribution in [1.82, 2.24) is 0 Å². The number of esters is 2. The number of methoxy groups -OCH3 is 2. The number of carbonyl (C=O) groups is 2. The number of hydrogen-bond acceptors (Lipinski definition) is 5. The molecular weight excluding hydrogens is 248 g/mol. The van der Waals surface area contributed by atoms with Crippen LogP contribution in [0.2, 0.25) is 0 Å². The van der Waals surface area contributed by atoms with Crippen molar-refractivity contribution >= 4 is 11.9 Å². The van der Waals surface area contributed by atoms with Gasteiger partial charge in [0.05, 0.1) is 25.3 Å². The molecule has 0 aromatic heterocycles. The second-order valence-electron chi connectivity index (χ2n) is 2.75. The van der Waals surface area contributed by atoms with Crippen molar-refractivity contribution in [3.8, 4) is 5.75 Å². The van der Waals surface area contributed by atoms with E-state index in [0.29, 0.717) is 0 Å². The van der Waals surface area contributed by atoms with Crippen LogP contribution in [0.1, 0.15) is 48.4 Å².